The zero-order chi connectivity index (χ0) is 13.5. The molecule has 1 aromatic carbocycles. The molecule has 2 unspecified atom stereocenters. The minimum Gasteiger partial charge on any atom is -0.481 e. The summed E-state index contributed by atoms with van der Waals surface area (Å²) in [4.78, 5) is 11.6. The van der Waals surface area contributed by atoms with Crippen molar-refractivity contribution in [2.75, 3.05) is 6.54 Å². The van der Waals surface area contributed by atoms with E-state index >= 15 is 0 Å². The van der Waals surface area contributed by atoms with Crippen LogP contribution in [0.1, 0.15) is 26.3 Å². The summed E-state index contributed by atoms with van der Waals surface area (Å²) >= 11 is 0. The summed E-state index contributed by atoms with van der Waals surface area (Å²) in [6.45, 7) is 6.19. The van der Waals surface area contributed by atoms with Crippen LogP contribution in [0.4, 0.5) is 0 Å². The van der Waals surface area contributed by atoms with E-state index < -0.39 is 6.10 Å². The molecule has 0 heterocycles. The standard InChI is InChI=1S/C14H22N2O2/c1-4-16-14(17)11(3)18-13-7-5-6-12(9-13)8-10(2)15/h5-7,9-11H,4,8,15H2,1-3H3,(H,16,17). The normalized spacial score (nSPS) is 13.8. The number of carbonyl (C=O) groups excluding carboxylic acids is 1. The van der Waals surface area contributed by atoms with Gasteiger partial charge in [0.2, 0.25) is 0 Å². The number of benzene rings is 1. The van der Waals surface area contributed by atoms with E-state index in [0.29, 0.717) is 12.3 Å². The van der Waals surface area contributed by atoms with Gasteiger partial charge in [0.25, 0.3) is 5.91 Å². The van der Waals surface area contributed by atoms with Crippen LogP contribution in [-0.2, 0) is 11.2 Å². The SMILES string of the molecule is CCNC(=O)C(C)Oc1cccc(CC(C)N)c1. The maximum absolute atomic E-state index is 11.6. The number of hydrogen-bond donors (Lipinski definition) is 2. The van der Waals surface area contributed by atoms with Crippen LogP contribution >= 0.6 is 0 Å². The van der Waals surface area contributed by atoms with Crippen molar-refractivity contribution >= 4 is 5.91 Å². The van der Waals surface area contributed by atoms with Crippen molar-refractivity contribution in [2.24, 2.45) is 5.73 Å². The first-order valence-electron chi connectivity index (χ1n) is 6.31. The molecule has 4 nitrogen and oxygen atoms in total. The molecule has 1 rings (SSSR count). The van der Waals surface area contributed by atoms with E-state index in [9.17, 15) is 4.79 Å². The van der Waals surface area contributed by atoms with E-state index in [4.69, 9.17) is 10.5 Å². The number of hydrogen-bond acceptors (Lipinski definition) is 3. The van der Waals surface area contributed by atoms with Crippen LogP contribution < -0.4 is 15.8 Å². The maximum atomic E-state index is 11.6. The topological polar surface area (TPSA) is 64.3 Å². The van der Waals surface area contributed by atoms with Gasteiger partial charge in [0.1, 0.15) is 5.75 Å². The average Bonchev–Trinajstić information content (AvgIpc) is 2.28. The maximum Gasteiger partial charge on any atom is 0.260 e. The van der Waals surface area contributed by atoms with Gasteiger partial charge in [0, 0.05) is 12.6 Å². The lowest BCUT2D eigenvalue weighted by Gasteiger charge is -2.15. The number of amides is 1. The van der Waals surface area contributed by atoms with Gasteiger partial charge in [0.15, 0.2) is 6.10 Å². The lowest BCUT2D eigenvalue weighted by Crippen LogP contribution is -2.36. The van der Waals surface area contributed by atoms with Crippen molar-refractivity contribution in [3.05, 3.63) is 29.8 Å². The number of rotatable bonds is 6. The molecule has 100 valence electrons. The first-order valence-corrected chi connectivity index (χ1v) is 6.31. The molecule has 0 bridgehead atoms. The lowest BCUT2D eigenvalue weighted by molar-refractivity contribution is -0.127. The first kappa shape index (κ1) is 14.5. The predicted molar refractivity (Wildman–Crippen MR) is 72.6 cm³/mol. The highest BCUT2D eigenvalue weighted by molar-refractivity contribution is 5.80. The average molecular weight is 250 g/mol. The molecule has 0 spiro atoms. The number of nitrogens with one attached hydrogen (secondary N) is 1. The molecule has 1 amide bonds. The highest BCUT2D eigenvalue weighted by atomic mass is 16.5. The molecular weight excluding hydrogens is 228 g/mol. The molecular formula is C14H22N2O2. The Morgan fingerprint density at radius 2 is 2.17 bits per heavy atom. The zero-order valence-electron chi connectivity index (χ0n) is 11.3. The summed E-state index contributed by atoms with van der Waals surface area (Å²) in [7, 11) is 0. The molecule has 4 heteroatoms. The molecule has 2 atom stereocenters. The van der Waals surface area contributed by atoms with E-state index in [-0.39, 0.29) is 11.9 Å². The predicted octanol–water partition coefficient (Wildman–Crippen LogP) is 1.48. The van der Waals surface area contributed by atoms with Crippen molar-refractivity contribution in [1.82, 2.24) is 5.32 Å². The Labute approximate surface area is 109 Å². The van der Waals surface area contributed by atoms with Crippen LogP contribution in [0.15, 0.2) is 24.3 Å². The second kappa shape index (κ2) is 7.01. The fourth-order valence-electron chi connectivity index (χ4n) is 1.69. The van der Waals surface area contributed by atoms with Crippen molar-refractivity contribution in [2.45, 2.75) is 39.3 Å². The molecule has 18 heavy (non-hydrogen) atoms. The number of nitrogens with two attached hydrogens (primary N) is 1. The Morgan fingerprint density at radius 3 is 2.78 bits per heavy atom. The first-order chi connectivity index (χ1) is 8.52. The van der Waals surface area contributed by atoms with Crippen LogP contribution in [-0.4, -0.2) is 24.6 Å². The van der Waals surface area contributed by atoms with Gasteiger partial charge in [-0.1, -0.05) is 12.1 Å². The summed E-state index contributed by atoms with van der Waals surface area (Å²) in [5, 5.41) is 2.73. The molecule has 0 saturated heterocycles. The lowest BCUT2D eigenvalue weighted by atomic mass is 10.1. The minimum absolute atomic E-state index is 0.102. The van der Waals surface area contributed by atoms with Crippen LogP contribution in [0.3, 0.4) is 0 Å². The summed E-state index contributed by atoms with van der Waals surface area (Å²) in [5.74, 6) is 0.599. The smallest absolute Gasteiger partial charge is 0.260 e. The number of ether oxygens (including phenoxy) is 1. The van der Waals surface area contributed by atoms with Gasteiger partial charge in [-0.2, -0.15) is 0 Å². The summed E-state index contributed by atoms with van der Waals surface area (Å²) in [6, 6.07) is 7.81. The van der Waals surface area contributed by atoms with E-state index in [1.807, 2.05) is 38.1 Å². The highest BCUT2D eigenvalue weighted by Crippen LogP contribution is 2.16. The third kappa shape index (κ3) is 4.75. The molecule has 3 N–H and O–H groups in total. The quantitative estimate of drug-likeness (QED) is 0.803. The summed E-state index contributed by atoms with van der Waals surface area (Å²) < 4.78 is 5.60. The van der Waals surface area contributed by atoms with Gasteiger partial charge < -0.3 is 15.8 Å². The highest BCUT2D eigenvalue weighted by Gasteiger charge is 2.13. The van der Waals surface area contributed by atoms with Gasteiger partial charge in [-0.25, -0.2) is 0 Å². The third-order valence-electron chi connectivity index (χ3n) is 2.49. The van der Waals surface area contributed by atoms with E-state index in [0.717, 1.165) is 12.0 Å². The fraction of sp³-hybridized carbons (Fsp3) is 0.500. The van der Waals surface area contributed by atoms with Gasteiger partial charge >= 0.3 is 0 Å². The molecule has 0 radical (unpaired) electrons. The van der Waals surface area contributed by atoms with Gasteiger partial charge in [0.05, 0.1) is 0 Å². The monoisotopic (exact) mass is 250 g/mol. The largest absolute Gasteiger partial charge is 0.481 e. The van der Waals surface area contributed by atoms with Crippen LogP contribution in [0.5, 0.6) is 5.75 Å². The van der Waals surface area contributed by atoms with Crippen LogP contribution in [0, 0.1) is 0 Å². The van der Waals surface area contributed by atoms with Crippen molar-refractivity contribution in [3.8, 4) is 5.75 Å². The van der Waals surface area contributed by atoms with Crippen molar-refractivity contribution in [3.63, 3.8) is 0 Å². The van der Waals surface area contributed by atoms with Crippen LogP contribution in [0.25, 0.3) is 0 Å². The Hall–Kier alpha value is -1.55. The fourth-order valence-corrected chi connectivity index (χ4v) is 1.69. The molecule has 1 aromatic rings. The van der Waals surface area contributed by atoms with E-state index in [2.05, 4.69) is 5.32 Å². The number of carbonyl (C=O) groups is 1. The van der Waals surface area contributed by atoms with E-state index in [1.54, 1.807) is 6.92 Å². The van der Waals surface area contributed by atoms with E-state index in [1.165, 1.54) is 0 Å². The molecule has 0 aliphatic rings. The van der Waals surface area contributed by atoms with Gasteiger partial charge in [-0.15, -0.1) is 0 Å². The Kier molecular flexibility index (Phi) is 5.65. The molecule has 0 aliphatic carbocycles. The summed E-state index contributed by atoms with van der Waals surface area (Å²) in [5.41, 5.74) is 6.87. The third-order valence-corrected chi connectivity index (χ3v) is 2.49. The zero-order valence-corrected chi connectivity index (χ0v) is 11.3. The van der Waals surface area contributed by atoms with Gasteiger partial charge in [-0.3, -0.25) is 4.79 Å². The van der Waals surface area contributed by atoms with Crippen molar-refractivity contribution < 1.29 is 9.53 Å². The van der Waals surface area contributed by atoms with Crippen molar-refractivity contribution in [1.29, 1.82) is 0 Å². The second-order valence-electron chi connectivity index (χ2n) is 4.48. The van der Waals surface area contributed by atoms with Gasteiger partial charge in [-0.05, 0) is 44.9 Å². The molecule has 0 aromatic heterocycles. The summed E-state index contributed by atoms with van der Waals surface area (Å²) in [6.07, 6.45) is 0.308. The Bertz CT molecular complexity index is 391. The minimum atomic E-state index is -0.490. The second-order valence-corrected chi connectivity index (χ2v) is 4.48. The number of likely N-dealkylation sites (N-methyl/N-ethyl adjacent to an activating group) is 1. The molecule has 0 saturated carbocycles. The Morgan fingerprint density at radius 1 is 1.44 bits per heavy atom. The van der Waals surface area contributed by atoms with Crippen LogP contribution in [0.2, 0.25) is 0 Å². The molecule has 0 aliphatic heterocycles. The Balaban J connectivity index is 2.64. The molecule has 0 fully saturated rings.